The van der Waals surface area contributed by atoms with Crippen LogP contribution in [-0.2, 0) is 17.6 Å². The third kappa shape index (κ3) is 3.57. The lowest BCUT2D eigenvalue weighted by Crippen LogP contribution is -2.16. The van der Waals surface area contributed by atoms with Crippen LogP contribution in [0.2, 0.25) is 0 Å². The molecule has 1 aromatic carbocycles. The fourth-order valence-electron chi connectivity index (χ4n) is 3.00. The molecule has 2 aromatic rings. The summed E-state index contributed by atoms with van der Waals surface area (Å²) in [5.74, 6) is -0.251. The minimum absolute atomic E-state index is 0.318. The number of carbonyl (C=O) groups is 2. The summed E-state index contributed by atoms with van der Waals surface area (Å²) in [6, 6.07) is 5.22. The Morgan fingerprint density at radius 2 is 1.96 bits per heavy atom. The first-order chi connectivity index (χ1) is 12.0. The minimum Gasteiger partial charge on any atom is -0.496 e. The smallest absolute Gasteiger partial charge is 0.341 e. The Morgan fingerprint density at radius 1 is 1.20 bits per heavy atom. The summed E-state index contributed by atoms with van der Waals surface area (Å²) in [5.41, 5.74) is 1.91. The zero-order valence-electron chi connectivity index (χ0n) is 14.0. The van der Waals surface area contributed by atoms with Gasteiger partial charge < -0.3 is 14.8 Å². The second-order valence-corrected chi connectivity index (χ2v) is 7.73. The lowest BCUT2D eigenvalue weighted by Gasteiger charge is -2.12. The van der Waals surface area contributed by atoms with Gasteiger partial charge in [-0.3, -0.25) is 4.79 Å². The third-order valence-corrected chi connectivity index (χ3v) is 5.89. The van der Waals surface area contributed by atoms with Crippen LogP contribution in [0.4, 0.5) is 5.00 Å². The van der Waals surface area contributed by atoms with Gasteiger partial charge in [-0.1, -0.05) is 15.9 Å². The molecule has 132 valence electrons. The van der Waals surface area contributed by atoms with E-state index in [1.165, 1.54) is 25.6 Å². The molecule has 1 aromatic heterocycles. The Balaban J connectivity index is 1.98. The topological polar surface area (TPSA) is 64.6 Å². The summed E-state index contributed by atoms with van der Waals surface area (Å²) in [7, 11) is 2.88. The van der Waals surface area contributed by atoms with Crippen LogP contribution in [0.3, 0.4) is 0 Å². The van der Waals surface area contributed by atoms with Crippen molar-refractivity contribution in [2.24, 2.45) is 0 Å². The second-order valence-electron chi connectivity index (χ2n) is 5.71. The number of aryl methyl sites for hydroxylation is 1. The van der Waals surface area contributed by atoms with Gasteiger partial charge in [0.2, 0.25) is 0 Å². The first-order valence-electron chi connectivity index (χ1n) is 7.93. The number of nitrogens with one attached hydrogen (secondary N) is 1. The molecule has 0 bridgehead atoms. The van der Waals surface area contributed by atoms with Crippen LogP contribution in [0.5, 0.6) is 5.75 Å². The van der Waals surface area contributed by atoms with E-state index in [-0.39, 0.29) is 5.91 Å². The van der Waals surface area contributed by atoms with Crippen LogP contribution in [-0.4, -0.2) is 26.1 Å². The van der Waals surface area contributed by atoms with E-state index in [1.807, 2.05) is 0 Å². The van der Waals surface area contributed by atoms with Gasteiger partial charge >= 0.3 is 5.97 Å². The highest BCUT2D eigenvalue weighted by Crippen LogP contribution is 2.39. The number of rotatable bonds is 4. The van der Waals surface area contributed by atoms with E-state index in [9.17, 15) is 9.59 Å². The Morgan fingerprint density at radius 3 is 2.68 bits per heavy atom. The normalized spacial score (nSPS) is 13.1. The quantitative estimate of drug-likeness (QED) is 0.738. The highest BCUT2D eigenvalue weighted by atomic mass is 79.9. The Labute approximate surface area is 158 Å². The van der Waals surface area contributed by atoms with Crippen molar-refractivity contribution in [3.63, 3.8) is 0 Å². The van der Waals surface area contributed by atoms with Crippen LogP contribution in [0, 0.1) is 0 Å². The van der Waals surface area contributed by atoms with Crippen molar-refractivity contribution < 1.29 is 19.1 Å². The number of fused-ring (bicyclic) bond motifs is 1. The van der Waals surface area contributed by atoms with E-state index in [2.05, 4.69) is 21.2 Å². The summed E-state index contributed by atoms with van der Waals surface area (Å²) in [5, 5.41) is 3.43. The largest absolute Gasteiger partial charge is 0.496 e. The number of esters is 1. The molecule has 0 aliphatic heterocycles. The van der Waals surface area contributed by atoms with Gasteiger partial charge in [0.05, 0.1) is 25.3 Å². The number of benzene rings is 1. The molecule has 1 heterocycles. The molecule has 7 heteroatoms. The number of ether oxygens (including phenoxy) is 2. The fraction of sp³-hybridized carbons (Fsp3) is 0.333. The molecule has 0 atom stereocenters. The lowest BCUT2D eigenvalue weighted by atomic mass is 9.95. The van der Waals surface area contributed by atoms with Crippen molar-refractivity contribution >= 4 is 44.1 Å². The number of anilines is 1. The Hall–Kier alpha value is -1.86. The van der Waals surface area contributed by atoms with Gasteiger partial charge in [-0.15, -0.1) is 11.3 Å². The average Bonchev–Trinajstić information content (AvgIpc) is 2.98. The van der Waals surface area contributed by atoms with Crippen LogP contribution >= 0.6 is 27.3 Å². The molecule has 1 aliphatic carbocycles. The predicted octanol–water partition coefficient (Wildman–Crippen LogP) is 4.44. The van der Waals surface area contributed by atoms with Crippen LogP contribution in [0.25, 0.3) is 0 Å². The maximum Gasteiger partial charge on any atom is 0.341 e. The standard InChI is InChI=1S/C18H18BrNO4S/c1-23-13-8-7-10(19)9-12(13)16(21)20-17-15(18(22)24-2)11-5-3-4-6-14(11)25-17/h7-9H,3-6H2,1-2H3,(H,20,21). The number of halogens is 1. The van der Waals surface area contributed by atoms with Crippen molar-refractivity contribution in [1.82, 2.24) is 0 Å². The van der Waals surface area contributed by atoms with Crippen molar-refractivity contribution in [3.8, 4) is 5.75 Å². The lowest BCUT2D eigenvalue weighted by molar-refractivity contribution is 0.0601. The SMILES string of the molecule is COC(=O)c1c(NC(=O)c2cc(Br)ccc2OC)sc2c1CCCC2. The zero-order valence-corrected chi connectivity index (χ0v) is 16.4. The predicted molar refractivity (Wildman–Crippen MR) is 101 cm³/mol. The van der Waals surface area contributed by atoms with Gasteiger partial charge in [-0.05, 0) is 49.4 Å². The third-order valence-electron chi connectivity index (χ3n) is 4.19. The number of thiophene rings is 1. The number of carbonyl (C=O) groups excluding carboxylic acids is 2. The molecule has 0 spiro atoms. The molecule has 0 fully saturated rings. The van der Waals surface area contributed by atoms with Crippen molar-refractivity contribution in [3.05, 3.63) is 44.2 Å². The van der Waals surface area contributed by atoms with Crippen molar-refractivity contribution in [1.29, 1.82) is 0 Å². The van der Waals surface area contributed by atoms with E-state index in [4.69, 9.17) is 9.47 Å². The summed E-state index contributed by atoms with van der Waals surface area (Å²) in [6.45, 7) is 0. The molecule has 25 heavy (non-hydrogen) atoms. The second kappa shape index (κ2) is 7.58. The first-order valence-corrected chi connectivity index (χ1v) is 9.53. The molecule has 0 saturated carbocycles. The van der Waals surface area contributed by atoms with Gasteiger partial charge in [0, 0.05) is 9.35 Å². The molecule has 5 nitrogen and oxygen atoms in total. The highest BCUT2D eigenvalue weighted by Gasteiger charge is 2.27. The maximum atomic E-state index is 12.8. The molecule has 1 N–H and O–H groups in total. The summed E-state index contributed by atoms with van der Waals surface area (Å²) in [6.07, 6.45) is 3.91. The fourth-order valence-corrected chi connectivity index (χ4v) is 4.63. The van der Waals surface area contributed by atoms with Crippen molar-refractivity contribution in [2.45, 2.75) is 25.7 Å². The number of amides is 1. The van der Waals surface area contributed by atoms with Gasteiger partial charge in [0.1, 0.15) is 10.8 Å². The summed E-state index contributed by atoms with van der Waals surface area (Å²) >= 11 is 4.83. The van der Waals surface area contributed by atoms with Crippen LogP contribution in [0.15, 0.2) is 22.7 Å². The van der Waals surface area contributed by atoms with E-state index in [0.29, 0.717) is 21.9 Å². The monoisotopic (exact) mass is 423 g/mol. The number of methoxy groups -OCH3 is 2. The first kappa shape index (κ1) is 17.9. The van der Waals surface area contributed by atoms with Crippen LogP contribution in [0.1, 0.15) is 44.0 Å². The van der Waals surface area contributed by atoms with Gasteiger partial charge in [0.25, 0.3) is 5.91 Å². The molecule has 0 saturated heterocycles. The molecule has 0 unspecified atom stereocenters. The Bertz CT molecular complexity index is 831. The highest BCUT2D eigenvalue weighted by molar-refractivity contribution is 9.10. The van der Waals surface area contributed by atoms with Gasteiger partial charge in [-0.2, -0.15) is 0 Å². The van der Waals surface area contributed by atoms with E-state index in [1.54, 1.807) is 18.2 Å². The maximum absolute atomic E-state index is 12.8. The Kier molecular flexibility index (Phi) is 5.44. The molecule has 1 aliphatic rings. The molecule has 3 rings (SSSR count). The average molecular weight is 424 g/mol. The minimum atomic E-state index is -0.407. The number of hydrogen-bond acceptors (Lipinski definition) is 5. The van der Waals surface area contributed by atoms with Gasteiger partial charge in [-0.25, -0.2) is 4.79 Å². The van der Waals surface area contributed by atoms with Crippen LogP contribution < -0.4 is 10.1 Å². The number of hydrogen-bond donors (Lipinski definition) is 1. The van der Waals surface area contributed by atoms with Crippen molar-refractivity contribution in [2.75, 3.05) is 19.5 Å². The molecular formula is C18H18BrNO4S. The molecule has 1 amide bonds. The van der Waals surface area contributed by atoms with E-state index in [0.717, 1.165) is 40.6 Å². The molecule has 0 radical (unpaired) electrons. The van der Waals surface area contributed by atoms with E-state index < -0.39 is 5.97 Å². The van der Waals surface area contributed by atoms with Gasteiger partial charge in [0.15, 0.2) is 0 Å². The molecular weight excluding hydrogens is 406 g/mol. The summed E-state index contributed by atoms with van der Waals surface area (Å²) < 4.78 is 11.0. The zero-order chi connectivity index (χ0) is 18.0. The summed E-state index contributed by atoms with van der Waals surface area (Å²) in [4.78, 5) is 26.2. The van der Waals surface area contributed by atoms with E-state index >= 15 is 0 Å².